The highest BCUT2D eigenvalue weighted by Crippen LogP contribution is 2.12. The summed E-state index contributed by atoms with van der Waals surface area (Å²) in [6.45, 7) is 2.02. The summed E-state index contributed by atoms with van der Waals surface area (Å²) in [5.41, 5.74) is 6.91. The lowest BCUT2D eigenvalue weighted by Gasteiger charge is -2.04. The van der Waals surface area contributed by atoms with Gasteiger partial charge in [0.05, 0.1) is 0 Å². The van der Waals surface area contributed by atoms with Crippen LogP contribution in [0.4, 0.5) is 0 Å². The maximum absolute atomic E-state index is 5.83. The van der Waals surface area contributed by atoms with Crippen LogP contribution in [0.2, 0.25) is 5.02 Å². The molecule has 0 saturated carbocycles. The van der Waals surface area contributed by atoms with Gasteiger partial charge in [0.25, 0.3) is 0 Å². The Balaban J connectivity index is 2.52. The van der Waals surface area contributed by atoms with Gasteiger partial charge in [-0.1, -0.05) is 23.7 Å². The SMILES string of the molecule is CC(N)CCc1cccc(Cl)c1. The van der Waals surface area contributed by atoms with Crippen LogP contribution < -0.4 is 5.73 Å². The van der Waals surface area contributed by atoms with Crippen molar-refractivity contribution in [2.24, 2.45) is 5.73 Å². The van der Waals surface area contributed by atoms with Gasteiger partial charge in [0.15, 0.2) is 0 Å². The molecule has 0 radical (unpaired) electrons. The van der Waals surface area contributed by atoms with E-state index in [0.29, 0.717) is 0 Å². The second-order valence-electron chi connectivity index (χ2n) is 3.15. The first-order chi connectivity index (χ1) is 5.68. The summed E-state index contributed by atoms with van der Waals surface area (Å²) in [4.78, 5) is 0. The molecule has 1 atom stereocenters. The minimum Gasteiger partial charge on any atom is -0.328 e. The third-order valence-electron chi connectivity index (χ3n) is 1.78. The first-order valence-corrected chi connectivity index (χ1v) is 4.56. The van der Waals surface area contributed by atoms with Gasteiger partial charge >= 0.3 is 0 Å². The quantitative estimate of drug-likeness (QED) is 0.766. The number of rotatable bonds is 3. The maximum Gasteiger partial charge on any atom is 0.0408 e. The van der Waals surface area contributed by atoms with E-state index in [1.54, 1.807) is 0 Å². The average molecular weight is 184 g/mol. The van der Waals surface area contributed by atoms with E-state index < -0.39 is 0 Å². The Kier molecular flexibility index (Phi) is 3.57. The van der Waals surface area contributed by atoms with Crippen molar-refractivity contribution >= 4 is 11.6 Å². The Morgan fingerprint density at radius 3 is 2.83 bits per heavy atom. The van der Waals surface area contributed by atoms with Gasteiger partial charge in [0.1, 0.15) is 0 Å². The van der Waals surface area contributed by atoms with Crippen molar-refractivity contribution in [2.45, 2.75) is 25.8 Å². The van der Waals surface area contributed by atoms with Gasteiger partial charge in [-0.15, -0.1) is 0 Å². The van der Waals surface area contributed by atoms with Crippen molar-refractivity contribution in [3.05, 3.63) is 34.9 Å². The number of nitrogens with two attached hydrogens (primary N) is 1. The van der Waals surface area contributed by atoms with E-state index in [0.717, 1.165) is 17.9 Å². The molecule has 0 fully saturated rings. The molecule has 0 spiro atoms. The fraction of sp³-hybridized carbons (Fsp3) is 0.400. The molecule has 0 amide bonds. The minimum atomic E-state index is 0.268. The largest absolute Gasteiger partial charge is 0.328 e. The molecule has 66 valence electrons. The summed E-state index contributed by atoms with van der Waals surface area (Å²) in [5.74, 6) is 0. The molecular formula is C10H14ClN. The smallest absolute Gasteiger partial charge is 0.0408 e. The standard InChI is InChI=1S/C10H14ClN/c1-8(12)5-6-9-3-2-4-10(11)7-9/h2-4,7-8H,5-6,12H2,1H3. The highest BCUT2D eigenvalue weighted by atomic mass is 35.5. The van der Waals surface area contributed by atoms with Gasteiger partial charge in [0, 0.05) is 11.1 Å². The Labute approximate surface area is 78.5 Å². The number of hydrogen-bond donors (Lipinski definition) is 1. The maximum atomic E-state index is 5.83. The molecule has 1 aromatic rings. The monoisotopic (exact) mass is 183 g/mol. The molecule has 1 aromatic carbocycles. The van der Waals surface area contributed by atoms with E-state index in [9.17, 15) is 0 Å². The molecule has 0 aliphatic rings. The zero-order chi connectivity index (χ0) is 8.97. The van der Waals surface area contributed by atoms with Crippen LogP contribution in [0, 0.1) is 0 Å². The van der Waals surface area contributed by atoms with Crippen LogP contribution in [-0.4, -0.2) is 6.04 Å². The van der Waals surface area contributed by atoms with Crippen molar-refractivity contribution < 1.29 is 0 Å². The summed E-state index contributed by atoms with van der Waals surface area (Å²) in [6.07, 6.45) is 2.03. The molecule has 0 bridgehead atoms. The van der Waals surface area contributed by atoms with E-state index in [1.165, 1.54) is 5.56 Å². The van der Waals surface area contributed by atoms with Crippen LogP contribution in [0.15, 0.2) is 24.3 Å². The van der Waals surface area contributed by atoms with E-state index in [4.69, 9.17) is 17.3 Å². The highest BCUT2D eigenvalue weighted by Gasteiger charge is 1.96. The zero-order valence-corrected chi connectivity index (χ0v) is 8.01. The Bertz CT molecular complexity index is 245. The van der Waals surface area contributed by atoms with Crippen LogP contribution in [0.5, 0.6) is 0 Å². The summed E-state index contributed by atoms with van der Waals surface area (Å²) in [7, 11) is 0. The predicted octanol–water partition coefficient (Wildman–Crippen LogP) is 2.62. The molecule has 1 rings (SSSR count). The lowest BCUT2D eigenvalue weighted by Crippen LogP contribution is -2.15. The van der Waals surface area contributed by atoms with E-state index in [-0.39, 0.29) is 6.04 Å². The van der Waals surface area contributed by atoms with Crippen LogP contribution >= 0.6 is 11.6 Å². The van der Waals surface area contributed by atoms with Crippen molar-refractivity contribution in [3.63, 3.8) is 0 Å². The molecule has 0 aliphatic carbocycles. The first-order valence-electron chi connectivity index (χ1n) is 4.18. The molecule has 0 aromatic heterocycles. The Morgan fingerprint density at radius 1 is 1.50 bits per heavy atom. The molecule has 0 aliphatic heterocycles. The van der Waals surface area contributed by atoms with Crippen LogP contribution in [0.1, 0.15) is 18.9 Å². The van der Waals surface area contributed by atoms with E-state index >= 15 is 0 Å². The molecule has 2 N–H and O–H groups in total. The molecule has 1 nitrogen and oxygen atoms in total. The Morgan fingerprint density at radius 2 is 2.25 bits per heavy atom. The van der Waals surface area contributed by atoms with Crippen molar-refractivity contribution in [2.75, 3.05) is 0 Å². The summed E-state index contributed by atoms with van der Waals surface area (Å²) >= 11 is 5.83. The summed E-state index contributed by atoms with van der Waals surface area (Å²) in [5, 5.41) is 0.803. The molecule has 1 unspecified atom stereocenters. The van der Waals surface area contributed by atoms with Crippen molar-refractivity contribution in [1.29, 1.82) is 0 Å². The number of benzene rings is 1. The fourth-order valence-corrected chi connectivity index (χ4v) is 1.30. The van der Waals surface area contributed by atoms with Crippen LogP contribution in [0.25, 0.3) is 0 Å². The normalized spacial score (nSPS) is 12.9. The fourth-order valence-electron chi connectivity index (χ4n) is 1.09. The summed E-state index contributed by atoms with van der Waals surface area (Å²) < 4.78 is 0. The van der Waals surface area contributed by atoms with Crippen LogP contribution in [-0.2, 0) is 6.42 Å². The van der Waals surface area contributed by atoms with Gasteiger partial charge in [-0.25, -0.2) is 0 Å². The first kappa shape index (κ1) is 9.56. The molecule has 2 heteroatoms. The minimum absolute atomic E-state index is 0.268. The topological polar surface area (TPSA) is 26.0 Å². The third kappa shape index (κ3) is 3.24. The molecule has 0 saturated heterocycles. The summed E-state index contributed by atoms with van der Waals surface area (Å²) in [6, 6.07) is 8.19. The number of aryl methyl sites for hydroxylation is 1. The lowest BCUT2D eigenvalue weighted by molar-refractivity contribution is 0.666. The van der Waals surface area contributed by atoms with Crippen molar-refractivity contribution in [1.82, 2.24) is 0 Å². The van der Waals surface area contributed by atoms with Gasteiger partial charge in [0.2, 0.25) is 0 Å². The van der Waals surface area contributed by atoms with E-state index in [1.807, 2.05) is 25.1 Å². The third-order valence-corrected chi connectivity index (χ3v) is 2.01. The van der Waals surface area contributed by atoms with Gasteiger partial charge in [-0.2, -0.15) is 0 Å². The lowest BCUT2D eigenvalue weighted by atomic mass is 10.1. The second kappa shape index (κ2) is 4.48. The highest BCUT2D eigenvalue weighted by molar-refractivity contribution is 6.30. The van der Waals surface area contributed by atoms with Gasteiger partial charge < -0.3 is 5.73 Å². The zero-order valence-electron chi connectivity index (χ0n) is 7.26. The second-order valence-corrected chi connectivity index (χ2v) is 3.58. The van der Waals surface area contributed by atoms with Crippen molar-refractivity contribution in [3.8, 4) is 0 Å². The molecular weight excluding hydrogens is 170 g/mol. The average Bonchev–Trinajstić information content (AvgIpc) is 2.01. The number of hydrogen-bond acceptors (Lipinski definition) is 1. The number of halogens is 1. The molecule has 0 heterocycles. The van der Waals surface area contributed by atoms with Crippen LogP contribution in [0.3, 0.4) is 0 Å². The van der Waals surface area contributed by atoms with E-state index in [2.05, 4.69) is 6.07 Å². The van der Waals surface area contributed by atoms with Gasteiger partial charge in [-0.3, -0.25) is 0 Å². The Hall–Kier alpha value is -0.530. The van der Waals surface area contributed by atoms with Gasteiger partial charge in [-0.05, 0) is 37.5 Å². The predicted molar refractivity (Wildman–Crippen MR) is 53.4 cm³/mol. The molecule has 12 heavy (non-hydrogen) atoms.